The van der Waals surface area contributed by atoms with Gasteiger partial charge in [-0.1, -0.05) is 17.7 Å². The summed E-state index contributed by atoms with van der Waals surface area (Å²) in [4.78, 5) is 25.7. The van der Waals surface area contributed by atoms with Crippen LogP contribution in [0.4, 0.5) is 5.69 Å². The summed E-state index contributed by atoms with van der Waals surface area (Å²) in [7, 11) is 5.21. The van der Waals surface area contributed by atoms with Crippen molar-refractivity contribution in [2.24, 2.45) is 0 Å². The zero-order chi connectivity index (χ0) is 15.3. The van der Waals surface area contributed by atoms with Crippen LogP contribution in [0, 0.1) is 6.92 Å². The molecule has 110 valence electrons. The molecule has 5 nitrogen and oxygen atoms in total. The van der Waals surface area contributed by atoms with Crippen molar-refractivity contribution in [3.8, 4) is 0 Å². The Bertz CT molecular complexity index is 503. The highest BCUT2D eigenvalue weighted by atomic mass is 35.5. The molecule has 0 aromatic heterocycles. The van der Waals surface area contributed by atoms with Crippen LogP contribution < -0.4 is 10.2 Å². The van der Waals surface area contributed by atoms with Crippen molar-refractivity contribution in [2.75, 3.05) is 39.5 Å². The predicted molar refractivity (Wildman–Crippen MR) is 80.1 cm³/mol. The van der Waals surface area contributed by atoms with E-state index in [9.17, 15) is 9.59 Å². The number of rotatable bonds is 5. The fourth-order valence-corrected chi connectivity index (χ4v) is 1.81. The molecule has 1 aromatic carbocycles. The summed E-state index contributed by atoms with van der Waals surface area (Å²) in [6.07, 6.45) is 0. The van der Waals surface area contributed by atoms with Crippen LogP contribution in [0.3, 0.4) is 0 Å². The van der Waals surface area contributed by atoms with E-state index in [1.807, 2.05) is 20.0 Å². The molecule has 0 saturated heterocycles. The molecule has 1 atom stereocenters. The summed E-state index contributed by atoms with van der Waals surface area (Å²) in [5.41, 5.74) is 1.63. The zero-order valence-corrected chi connectivity index (χ0v) is 13.0. The van der Waals surface area contributed by atoms with Gasteiger partial charge in [0.2, 0.25) is 0 Å². The molecule has 0 radical (unpaired) electrons. The van der Waals surface area contributed by atoms with E-state index in [1.54, 1.807) is 26.2 Å². The van der Waals surface area contributed by atoms with Crippen LogP contribution in [-0.2, 0) is 9.59 Å². The standard InChI is InChI=1S/C14H20ClN3O2/c1-10-5-6-11(7-12(10)15)16-13(19)8-18(4)9-14(20)17(2)3/h5-7H,8-9H2,1-4H3,(H,16,19)/p+1. The largest absolute Gasteiger partial charge is 0.344 e. The smallest absolute Gasteiger partial charge is 0.279 e. The normalized spacial score (nSPS) is 11.8. The van der Waals surface area contributed by atoms with Crippen LogP contribution in [0.2, 0.25) is 5.02 Å². The number of nitrogens with one attached hydrogen (secondary N) is 2. The van der Waals surface area contributed by atoms with Crippen molar-refractivity contribution in [3.63, 3.8) is 0 Å². The lowest BCUT2D eigenvalue weighted by molar-refractivity contribution is -0.862. The number of hydrogen-bond donors (Lipinski definition) is 2. The van der Waals surface area contributed by atoms with Crippen molar-refractivity contribution >= 4 is 29.1 Å². The van der Waals surface area contributed by atoms with E-state index in [0.717, 1.165) is 10.5 Å². The van der Waals surface area contributed by atoms with Gasteiger partial charge < -0.3 is 15.1 Å². The maximum Gasteiger partial charge on any atom is 0.279 e. The third kappa shape index (κ3) is 5.19. The molecular formula is C14H21ClN3O2+. The highest BCUT2D eigenvalue weighted by Gasteiger charge is 2.15. The first kappa shape index (κ1) is 16.5. The number of carbonyl (C=O) groups excluding carboxylic acids is 2. The lowest BCUT2D eigenvalue weighted by Gasteiger charge is -2.16. The Hall–Kier alpha value is -1.59. The SMILES string of the molecule is Cc1ccc(NC(=O)C[NH+](C)CC(=O)N(C)C)cc1Cl. The Labute approximate surface area is 124 Å². The monoisotopic (exact) mass is 298 g/mol. The summed E-state index contributed by atoms with van der Waals surface area (Å²) in [5.74, 6) is -0.150. The molecule has 1 aromatic rings. The van der Waals surface area contributed by atoms with Crippen LogP contribution in [0.25, 0.3) is 0 Å². The van der Waals surface area contributed by atoms with Gasteiger partial charge in [-0.2, -0.15) is 0 Å². The maximum absolute atomic E-state index is 11.9. The maximum atomic E-state index is 11.9. The minimum atomic E-state index is -0.144. The van der Waals surface area contributed by atoms with Crippen LogP contribution in [-0.4, -0.2) is 50.9 Å². The van der Waals surface area contributed by atoms with Gasteiger partial charge in [-0.3, -0.25) is 9.59 Å². The highest BCUT2D eigenvalue weighted by molar-refractivity contribution is 6.31. The second kappa shape index (κ2) is 7.26. The molecule has 0 saturated carbocycles. The molecule has 20 heavy (non-hydrogen) atoms. The third-order valence-electron chi connectivity index (χ3n) is 2.87. The van der Waals surface area contributed by atoms with Crippen LogP contribution >= 0.6 is 11.6 Å². The second-order valence-corrected chi connectivity index (χ2v) is 5.52. The lowest BCUT2D eigenvalue weighted by Crippen LogP contribution is -3.11. The molecule has 0 aliphatic rings. The van der Waals surface area contributed by atoms with E-state index in [1.165, 1.54) is 4.90 Å². The van der Waals surface area contributed by atoms with Crippen molar-refractivity contribution in [2.45, 2.75) is 6.92 Å². The van der Waals surface area contributed by atoms with Gasteiger partial charge in [0.05, 0.1) is 7.05 Å². The Balaban J connectivity index is 2.50. The quantitative estimate of drug-likeness (QED) is 0.815. The summed E-state index contributed by atoms with van der Waals surface area (Å²) in [5, 5.41) is 3.39. The average molecular weight is 299 g/mol. The fraction of sp³-hybridized carbons (Fsp3) is 0.429. The summed E-state index contributed by atoms with van der Waals surface area (Å²) >= 11 is 6.00. The van der Waals surface area contributed by atoms with E-state index in [-0.39, 0.29) is 24.9 Å². The van der Waals surface area contributed by atoms with Crippen molar-refractivity contribution < 1.29 is 14.5 Å². The van der Waals surface area contributed by atoms with E-state index >= 15 is 0 Å². The highest BCUT2D eigenvalue weighted by Crippen LogP contribution is 2.19. The minimum Gasteiger partial charge on any atom is -0.344 e. The number of nitrogens with zero attached hydrogens (tertiary/aromatic N) is 1. The average Bonchev–Trinajstić information content (AvgIpc) is 2.33. The second-order valence-electron chi connectivity index (χ2n) is 5.11. The number of benzene rings is 1. The first-order chi connectivity index (χ1) is 9.29. The predicted octanol–water partition coefficient (Wildman–Crippen LogP) is 0.190. The number of halogens is 1. The first-order valence-electron chi connectivity index (χ1n) is 6.37. The molecular weight excluding hydrogens is 278 g/mol. The topological polar surface area (TPSA) is 53.9 Å². The number of likely N-dealkylation sites (N-methyl/N-ethyl adjacent to an activating group) is 2. The molecule has 0 heterocycles. The molecule has 0 bridgehead atoms. The summed E-state index contributed by atoms with van der Waals surface area (Å²) < 4.78 is 0. The van der Waals surface area contributed by atoms with Gasteiger partial charge in [0, 0.05) is 24.8 Å². The number of aryl methyl sites for hydroxylation is 1. The Morgan fingerprint density at radius 2 is 1.95 bits per heavy atom. The van der Waals surface area contributed by atoms with Gasteiger partial charge >= 0.3 is 0 Å². The molecule has 2 N–H and O–H groups in total. The summed E-state index contributed by atoms with van der Waals surface area (Å²) in [6, 6.07) is 5.37. The van der Waals surface area contributed by atoms with E-state index in [0.29, 0.717) is 10.7 Å². The van der Waals surface area contributed by atoms with Crippen molar-refractivity contribution in [1.29, 1.82) is 0 Å². The molecule has 1 unspecified atom stereocenters. The number of quaternary nitrogens is 1. The number of anilines is 1. The summed E-state index contributed by atoms with van der Waals surface area (Å²) in [6.45, 7) is 2.42. The Morgan fingerprint density at radius 1 is 1.30 bits per heavy atom. The van der Waals surface area contributed by atoms with E-state index in [4.69, 9.17) is 11.6 Å². The van der Waals surface area contributed by atoms with Crippen molar-refractivity contribution in [1.82, 2.24) is 4.90 Å². The molecule has 0 aliphatic heterocycles. The van der Waals surface area contributed by atoms with Gasteiger partial charge in [0.1, 0.15) is 0 Å². The molecule has 6 heteroatoms. The Morgan fingerprint density at radius 3 is 2.50 bits per heavy atom. The third-order valence-corrected chi connectivity index (χ3v) is 3.28. The number of amides is 2. The van der Waals surface area contributed by atoms with Crippen LogP contribution in [0.15, 0.2) is 18.2 Å². The molecule has 0 spiro atoms. The van der Waals surface area contributed by atoms with Gasteiger partial charge in [0.15, 0.2) is 13.1 Å². The van der Waals surface area contributed by atoms with Crippen molar-refractivity contribution in [3.05, 3.63) is 28.8 Å². The number of carbonyl (C=O) groups is 2. The Kier molecular flexibility index (Phi) is 5.98. The fourth-order valence-electron chi connectivity index (χ4n) is 1.63. The molecule has 1 rings (SSSR count). The molecule has 0 aliphatic carbocycles. The molecule has 0 fully saturated rings. The van der Waals surface area contributed by atoms with E-state index < -0.39 is 0 Å². The zero-order valence-electron chi connectivity index (χ0n) is 12.3. The lowest BCUT2D eigenvalue weighted by atomic mass is 10.2. The number of hydrogen-bond acceptors (Lipinski definition) is 2. The molecule has 2 amide bonds. The van der Waals surface area contributed by atoms with Crippen LogP contribution in [0.1, 0.15) is 5.56 Å². The van der Waals surface area contributed by atoms with Gasteiger partial charge in [0.25, 0.3) is 11.8 Å². The van der Waals surface area contributed by atoms with E-state index in [2.05, 4.69) is 5.32 Å². The van der Waals surface area contributed by atoms with Gasteiger partial charge in [-0.15, -0.1) is 0 Å². The van der Waals surface area contributed by atoms with Crippen LogP contribution in [0.5, 0.6) is 0 Å². The minimum absolute atomic E-state index is 0.00585. The first-order valence-corrected chi connectivity index (χ1v) is 6.75. The van der Waals surface area contributed by atoms with Gasteiger partial charge in [-0.25, -0.2) is 0 Å². The van der Waals surface area contributed by atoms with Gasteiger partial charge in [-0.05, 0) is 24.6 Å².